The molecular weight excluding hydrogens is 529 g/mol. The molecule has 0 unspecified atom stereocenters. The van der Waals surface area contributed by atoms with Crippen molar-refractivity contribution in [2.24, 2.45) is 11.3 Å². The van der Waals surface area contributed by atoms with Crippen LogP contribution >= 0.6 is 11.6 Å². The maximum atomic E-state index is 13.4. The highest BCUT2D eigenvalue weighted by Gasteiger charge is 2.53. The third kappa shape index (κ3) is 4.82. The molecule has 3 fully saturated rings. The van der Waals surface area contributed by atoms with Crippen LogP contribution in [0.4, 0.5) is 0 Å². The van der Waals surface area contributed by atoms with Crippen LogP contribution in [0, 0.1) is 11.3 Å². The van der Waals surface area contributed by atoms with Crippen molar-refractivity contribution in [2.45, 2.75) is 83.6 Å². The standard InChI is InChI=1S/C30H35BClN3O5/c1-28(2)29(3,4)40-31(39-28)20-7-5-18(6-8-20)17-35-26-22(9-10-24(32)23(26)16-33-35)27(38)34-21-14-30(15-21)12-19(13-30)11-25(36)37/h5-10,16,19,21H,11-15,17H2,1-4H3,(H,34,38)(H,36,37). The normalized spacial score (nSPS) is 26.5. The Labute approximate surface area is 239 Å². The Balaban J connectivity index is 1.15. The van der Waals surface area contributed by atoms with E-state index < -0.39 is 24.3 Å². The fourth-order valence-electron chi connectivity index (χ4n) is 6.65. The zero-order valence-electron chi connectivity index (χ0n) is 23.4. The summed E-state index contributed by atoms with van der Waals surface area (Å²) >= 11 is 6.49. The van der Waals surface area contributed by atoms with Crippen molar-refractivity contribution in [3.05, 3.63) is 58.7 Å². The highest BCUT2D eigenvalue weighted by molar-refractivity contribution is 6.62. The molecule has 3 aromatic rings. The van der Waals surface area contributed by atoms with Gasteiger partial charge in [0.15, 0.2) is 0 Å². The molecule has 0 radical (unpaired) electrons. The number of rotatable bonds is 7. The summed E-state index contributed by atoms with van der Waals surface area (Å²) in [4.78, 5) is 24.4. The van der Waals surface area contributed by atoms with E-state index in [9.17, 15) is 9.59 Å². The van der Waals surface area contributed by atoms with E-state index in [4.69, 9.17) is 26.0 Å². The molecule has 1 spiro atoms. The number of nitrogens with zero attached hydrogens (tertiary/aromatic N) is 2. The largest absolute Gasteiger partial charge is 0.494 e. The zero-order chi connectivity index (χ0) is 28.4. The lowest BCUT2D eigenvalue weighted by Gasteiger charge is -2.57. The van der Waals surface area contributed by atoms with Gasteiger partial charge in [-0.3, -0.25) is 14.3 Å². The lowest BCUT2D eigenvalue weighted by Crippen LogP contribution is -2.56. The molecule has 8 nitrogen and oxygen atoms in total. The molecule has 2 aromatic carbocycles. The summed E-state index contributed by atoms with van der Waals surface area (Å²) in [5.41, 5.74) is 2.64. The Bertz CT molecular complexity index is 1450. The number of carbonyl (C=O) groups excluding carboxylic acids is 1. The average Bonchev–Trinajstić information content (AvgIpc) is 3.34. The van der Waals surface area contributed by atoms with Gasteiger partial charge in [-0.15, -0.1) is 0 Å². The number of nitrogens with one attached hydrogen (secondary N) is 1. The summed E-state index contributed by atoms with van der Waals surface area (Å²) in [6.07, 6.45) is 5.64. The van der Waals surface area contributed by atoms with Gasteiger partial charge in [0.2, 0.25) is 0 Å². The zero-order valence-corrected chi connectivity index (χ0v) is 24.1. The molecule has 10 heteroatoms. The van der Waals surface area contributed by atoms with Gasteiger partial charge in [0, 0.05) is 17.8 Å². The third-order valence-corrected chi connectivity index (χ3v) is 9.76. The van der Waals surface area contributed by atoms with Crippen molar-refractivity contribution >= 4 is 47.0 Å². The van der Waals surface area contributed by atoms with E-state index in [1.54, 1.807) is 18.3 Å². The average molecular weight is 564 g/mol. The maximum absolute atomic E-state index is 13.4. The lowest BCUT2D eigenvalue weighted by atomic mass is 9.49. The monoisotopic (exact) mass is 563 g/mol. The van der Waals surface area contributed by atoms with Crippen LogP contribution in [0.3, 0.4) is 0 Å². The molecule has 1 aliphatic heterocycles. The summed E-state index contributed by atoms with van der Waals surface area (Å²) in [7, 11) is -0.424. The topological polar surface area (TPSA) is 103 Å². The van der Waals surface area contributed by atoms with E-state index in [0.717, 1.165) is 42.1 Å². The number of fused-ring (bicyclic) bond motifs is 1. The van der Waals surface area contributed by atoms with Crippen molar-refractivity contribution in [1.29, 1.82) is 0 Å². The molecule has 3 aliphatic rings. The van der Waals surface area contributed by atoms with E-state index in [1.165, 1.54) is 0 Å². The van der Waals surface area contributed by atoms with Gasteiger partial charge in [-0.1, -0.05) is 35.9 Å². The van der Waals surface area contributed by atoms with E-state index in [0.29, 0.717) is 22.6 Å². The molecular formula is C30H35BClN3O5. The van der Waals surface area contributed by atoms with Crippen molar-refractivity contribution in [1.82, 2.24) is 15.1 Å². The fraction of sp³-hybridized carbons (Fsp3) is 0.500. The van der Waals surface area contributed by atoms with Gasteiger partial charge in [-0.2, -0.15) is 5.10 Å². The van der Waals surface area contributed by atoms with Gasteiger partial charge < -0.3 is 19.7 Å². The van der Waals surface area contributed by atoms with E-state index in [2.05, 4.69) is 10.4 Å². The lowest BCUT2D eigenvalue weighted by molar-refractivity contribution is -0.142. The number of aliphatic carboxylic acids is 1. The summed E-state index contributed by atoms with van der Waals surface area (Å²) in [6, 6.07) is 11.7. The van der Waals surface area contributed by atoms with Gasteiger partial charge in [-0.25, -0.2) is 0 Å². The number of aromatic nitrogens is 2. The summed E-state index contributed by atoms with van der Waals surface area (Å²) < 4.78 is 14.2. The van der Waals surface area contributed by atoms with Crippen LogP contribution in [0.1, 0.15) is 75.7 Å². The molecule has 210 valence electrons. The summed E-state index contributed by atoms with van der Waals surface area (Å²) in [5.74, 6) is -0.598. The molecule has 0 atom stereocenters. The van der Waals surface area contributed by atoms with Gasteiger partial charge in [0.1, 0.15) is 0 Å². The second-order valence-electron chi connectivity index (χ2n) is 12.9. The molecule has 2 heterocycles. The number of hydrogen-bond acceptors (Lipinski definition) is 5. The minimum Gasteiger partial charge on any atom is -0.481 e. The van der Waals surface area contributed by atoms with Crippen LogP contribution in [-0.4, -0.2) is 51.1 Å². The molecule has 1 saturated heterocycles. The number of benzene rings is 2. The van der Waals surface area contributed by atoms with Crippen LogP contribution in [-0.2, 0) is 20.6 Å². The second-order valence-corrected chi connectivity index (χ2v) is 13.3. The minimum atomic E-state index is -0.728. The SMILES string of the molecule is CC1(C)OB(c2ccc(Cn3ncc4c(Cl)ccc(C(=O)NC5CC6(CC(CC(=O)O)C6)C5)c43)cc2)OC1(C)C. The third-order valence-electron chi connectivity index (χ3n) is 9.43. The summed E-state index contributed by atoms with van der Waals surface area (Å²) in [5, 5.41) is 18.1. The molecule has 2 N–H and O–H groups in total. The van der Waals surface area contributed by atoms with E-state index >= 15 is 0 Å². The Morgan fingerprint density at radius 2 is 1.70 bits per heavy atom. The number of carbonyl (C=O) groups is 2. The fourth-order valence-corrected chi connectivity index (χ4v) is 6.85. The molecule has 0 bridgehead atoms. The van der Waals surface area contributed by atoms with Crippen molar-refractivity contribution in [2.75, 3.05) is 0 Å². The van der Waals surface area contributed by atoms with Gasteiger partial charge in [0.25, 0.3) is 5.91 Å². The summed E-state index contributed by atoms with van der Waals surface area (Å²) in [6.45, 7) is 8.63. The van der Waals surface area contributed by atoms with Crippen LogP contribution in [0.2, 0.25) is 5.02 Å². The number of carboxylic acid groups (broad SMARTS) is 1. The predicted molar refractivity (Wildman–Crippen MR) is 154 cm³/mol. The minimum absolute atomic E-state index is 0.0999. The number of amides is 1. The van der Waals surface area contributed by atoms with Crippen LogP contribution < -0.4 is 10.8 Å². The predicted octanol–water partition coefficient (Wildman–Crippen LogP) is 4.80. The molecule has 6 rings (SSSR count). The number of hydrogen-bond donors (Lipinski definition) is 2. The molecule has 1 amide bonds. The first-order valence-electron chi connectivity index (χ1n) is 14.0. The van der Waals surface area contributed by atoms with Gasteiger partial charge >= 0.3 is 13.1 Å². The first-order chi connectivity index (χ1) is 18.8. The molecule has 2 saturated carbocycles. The number of halogens is 1. The Kier molecular flexibility index (Phi) is 6.55. The van der Waals surface area contributed by atoms with Gasteiger partial charge in [-0.05, 0) is 87.9 Å². The molecule has 1 aromatic heterocycles. The van der Waals surface area contributed by atoms with E-state index in [1.807, 2.05) is 56.6 Å². The maximum Gasteiger partial charge on any atom is 0.494 e. The van der Waals surface area contributed by atoms with Gasteiger partial charge in [0.05, 0.1) is 40.0 Å². The van der Waals surface area contributed by atoms with Crippen molar-refractivity contribution < 1.29 is 24.0 Å². The second kappa shape index (κ2) is 9.60. The Morgan fingerprint density at radius 3 is 2.33 bits per heavy atom. The van der Waals surface area contributed by atoms with Crippen LogP contribution in [0.25, 0.3) is 10.9 Å². The van der Waals surface area contributed by atoms with Crippen LogP contribution in [0.15, 0.2) is 42.6 Å². The smallest absolute Gasteiger partial charge is 0.481 e. The Hall–Kier alpha value is -2.88. The van der Waals surface area contributed by atoms with Crippen molar-refractivity contribution in [3.8, 4) is 0 Å². The van der Waals surface area contributed by atoms with Crippen LogP contribution in [0.5, 0.6) is 0 Å². The molecule has 40 heavy (non-hydrogen) atoms. The number of carboxylic acids is 1. The highest BCUT2D eigenvalue weighted by atomic mass is 35.5. The quantitative estimate of drug-likeness (QED) is 0.400. The van der Waals surface area contributed by atoms with Crippen molar-refractivity contribution in [3.63, 3.8) is 0 Å². The molecule has 2 aliphatic carbocycles. The highest BCUT2D eigenvalue weighted by Crippen LogP contribution is 2.59. The van der Waals surface area contributed by atoms with E-state index in [-0.39, 0.29) is 29.7 Å². The Morgan fingerprint density at radius 1 is 1.05 bits per heavy atom. The first-order valence-corrected chi connectivity index (χ1v) is 14.3. The first kappa shape index (κ1) is 27.3.